The first kappa shape index (κ1) is 19.7. The van der Waals surface area contributed by atoms with Gasteiger partial charge in [0.15, 0.2) is 15.7 Å². The molecule has 2 aromatic rings. The Morgan fingerprint density at radius 1 is 1.21 bits per heavy atom. The van der Waals surface area contributed by atoms with Crippen LogP contribution in [0.1, 0.15) is 19.3 Å². The molecule has 2 fully saturated rings. The normalized spacial score (nSPS) is 23.2. The maximum absolute atomic E-state index is 12.5. The van der Waals surface area contributed by atoms with Crippen LogP contribution in [0.4, 0.5) is 11.6 Å². The number of nitrogen functional groups attached to an aromatic ring is 1. The third kappa shape index (κ3) is 3.03. The average molecular weight is 442 g/mol. The molecular weight excluding hydrogens is 421 g/mol. The molecule has 1 aromatic heterocycles. The molecule has 0 aliphatic carbocycles. The summed E-state index contributed by atoms with van der Waals surface area (Å²) in [6, 6.07) is 4.94. The van der Waals surface area contributed by atoms with Gasteiger partial charge in [-0.1, -0.05) is 35.3 Å². The third-order valence-electron chi connectivity index (χ3n) is 5.92. The Bertz CT molecular complexity index is 1020. The van der Waals surface area contributed by atoms with Gasteiger partial charge in [0.05, 0.1) is 26.7 Å². The molecule has 150 valence electrons. The Morgan fingerprint density at radius 2 is 1.93 bits per heavy atom. The molecular formula is C18H21Cl2N5O2S. The van der Waals surface area contributed by atoms with E-state index in [4.69, 9.17) is 34.7 Å². The van der Waals surface area contributed by atoms with Gasteiger partial charge in [-0.05, 0) is 25.3 Å². The maximum Gasteiger partial charge on any atom is 0.157 e. The van der Waals surface area contributed by atoms with Gasteiger partial charge in [-0.3, -0.25) is 0 Å². The molecule has 0 radical (unpaired) electrons. The predicted octanol–water partition coefficient (Wildman–Crippen LogP) is 2.52. The van der Waals surface area contributed by atoms with Crippen LogP contribution in [0.15, 0.2) is 24.4 Å². The molecule has 4 N–H and O–H groups in total. The smallest absolute Gasteiger partial charge is 0.157 e. The van der Waals surface area contributed by atoms with Crippen molar-refractivity contribution in [3.05, 3.63) is 34.4 Å². The van der Waals surface area contributed by atoms with E-state index in [0.29, 0.717) is 59.5 Å². The summed E-state index contributed by atoms with van der Waals surface area (Å²) in [5.74, 6) is 1.03. The van der Waals surface area contributed by atoms with Gasteiger partial charge in [0, 0.05) is 24.7 Å². The molecule has 4 rings (SSSR count). The molecule has 1 spiro atoms. The van der Waals surface area contributed by atoms with Crippen molar-refractivity contribution in [1.29, 1.82) is 0 Å². The van der Waals surface area contributed by atoms with Crippen LogP contribution in [0.5, 0.6) is 0 Å². The van der Waals surface area contributed by atoms with Gasteiger partial charge in [-0.15, -0.1) is 0 Å². The molecule has 0 bridgehead atoms. The zero-order valence-corrected chi connectivity index (χ0v) is 17.4. The fraction of sp³-hybridized carbons (Fsp3) is 0.444. The SMILES string of the molecule is Nc1nc(N2CCC3(CC2)C(N)CCS3(=O)=O)cnc1-c1cccc(Cl)c1Cl. The molecule has 7 nitrogen and oxygen atoms in total. The van der Waals surface area contributed by atoms with Gasteiger partial charge in [0.2, 0.25) is 0 Å². The van der Waals surface area contributed by atoms with E-state index >= 15 is 0 Å². The van der Waals surface area contributed by atoms with Crippen LogP contribution >= 0.6 is 23.2 Å². The van der Waals surface area contributed by atoms with E-state index in [2.05, 4.69) is 9.97 Å². The van der Waals surface area contributed by atoms with Gasteiger partial charge < -0.3 is 16.4 Å². The molecule has 10 heteroatoms. The van der Waals surface area contributed by atoms with Crippen molar-refractivity contribution in [2.45, 2.75) is 30.1 Å². The largest absolute Gasteiger partial charge is 0.382 e. The number of rotatable bonds is 2. The first-order valence-electron chi connectivity index (χ1n) is 9.05. The second kappa shape index (κ2) is 7.02. The zero-order valence-electron chi connectivity index (χ0n) is 15.1. The Kier molecular flexibility index (Phi) is 4.94. The molecule has 1 atom stereocenters. The van der Waals surface area contributed by atoms with Crippen LogP contribution in [0.25, 0.3) is 11.3 Å². The van der Waals surface area contributed by atoms with Crippen LogP contribution in [0.3, 0.4) is 0 Å². The quantitative estimate of drug-likeness (QED) is 0.734. The van der Waals surface area contributed by atoms with Crippen LogP contribution in [-0.2, 0) is 9.84 Å². The predicted molar refractivity (Wildman–Crippen MR) is 112 cm³/mol. The minimum atomic E-state index is -3.16. The Hall–Kier alpha value is -1.61. The van der Waals surface area contributed by atoms with Crippen LogP contribution in [-0.4, -0.2) is 48.0 Å². The Labute approximate surface area is 174 Å². The second-order valence-corrected chi connectivity index (χ2v) is 10.6. The highest BCUT2D eigenvalue weighted by Crippen LogP contribution is 2.41. The van der Waals surface area contributed by atoms with E-state index in [1.807, 2.05) is 4.90 Å². The van der Waals surface area contributed by atoms with Crippen molar-refractivity contribution < 1.29 is 8.42 Å². The summed E-state index contributed by atoms with van der Waals surface area (Å²) in [5, 5.41) is 0.790. The highest BCUT2D eigenvalue weighted by molar-refractivity contribution is 7.93. The van der Waals surface area contributed by atoms with E-state index in [-0.39, 0.29) is 17.6 Å². The minimum absolute atomic E-state index is 0.177. The number of hydrogen-bond donors (Lipinski definition) is 2. The molecule has 2 aliphatic rings. The van der Waals surface area contributed by atoms with Crippen molar-refractivity contribution in [1.82, 2.24) is 9.97 Å². The number of anilines is 2. The Morgan fingerprint density at radius 3 is 2.54 bits per heavy atom. The summed E-state index contributed by atoms with van der Waals surface area (Å²) in [6.07, 6.45) is 3.13. The summed E-state index contributed by atoms with van der Waals surface area (Å²) in [7, 11) is -3.16. The monoisotopic (exact) mass is 441 g/mol. The number of hydrogen-bond acceptors (Lipinski definition) is 7. The molecule has 2 saturated heterocycles. The first-order valence-corrected chi connectivity index (χ1v) is 11.5. The molecule has 0 amide bonds. The van der Waals surface area contributed by atoms with Gasteiger partial charge >= 0.3 is 0 Å². The van der Waals surface area contributed by atoms with Crippen LogP contribution in [0, 0.1) is 0 Å². The number of nitrogens with zero attached hydrogens (tertiary/aromatic N) is 3. The van der Waals surface area contributed by atoms with Crippen LogP contribution in [0.2, 0.25) is 10.0 Å². The third-order valence-corrected chi connectivity index (χ3v) is 9.46. The van der Waals surface area contributed by atoms with E-state index in [1.54, 1.807) is 24.4 Å². The van der Waals surface area contributed by atoms with Gasteiger partial charge in [0.25, 0.3) is 0 Å². The van der Waals surface area contributed by atoms with E-state index in [0.717, 1.165) is 0 Å². The lowest BCUT2D eigenvalue weighted by molar-refractivity contribution is 0.373. The number of benzene rings is 1. The van der Waals surface area contributed by atoms with Gasteiger partial charge in [0.1, 0.15) is 11.5 Å². The van der Waals surface area contributed by atoms with Crippen molar-refractivity contribution in [3.8, 4) is 11.3 Å². The van der Waals surface area contributed by atoms with Gasteiger partial charge in [-0.25, -0.2) is 18.4 Å². The number of sulfone groups is 1. The van der Waals surface area contributed by atoms with Crippen molar-refractivity contribution in [2.24, 2.45) is 5.73 Å². The standard InChI is InChI=1S/C18H21Cl2N5O2S/c19-12-3-1-2-11(15(12)20)16-17(22)24-14(10-23-16)25-7-5-18(6-8-25)13(21)4-9-28(18,26)27/h1-3,10,13H,4-9,21H2,(H2,22,24). The maximum atomic E-state index is 12.5. The Balaban J connectivity index is 1.57. The van der Waals surface area contributed by atoms with Crippen molar-refractivity contribution in [3.63, 3.8) is 0 Å². The van der Waals surface area contributed by atoms with E-state index in [1.165, 1.54) is 0 Å². The molecule has 3 heterocycles. The second-order valence-electron chi connectivity index (χ2n) is 7.33. The fourth-order valence-corrected chi connectivity index (χ4v) is 6.96. The number of piperidine rings is 1. The summed E-state index contributed by atoms with van der Waals surface area (Å²) < 4.78 is 24.3. The lowest BCUT2D eigenvalue weighted by Gasteiger charge is -2.41. The minimum Gasteiger partial charge on any atom is -0.382 e. The lowest BCUT2D eigenvalue weighted by Crippen LogP contribution is -2.55. The molecule has 1 aromatic carbocycles. The zero-order chi connectivity index (χ0) is 20.1. The lowest BCUT2D eigenvalue weighted by atomic mass is 9.88. The van der Waals surface area contributed by atoms with Gasteiger partial charge in [-0.2, -0.15) is 0 Å². The highest BCUT2D eigenvalue weighted by Gasteiger charge is 2.54. The highest BCUT2D eigenvalue weighted by atomic mass is 35.5. The number of nitrogens with two attached hydrogens (primary N) is 2. The summed E-state index contributed by atoms with van der Waals surface area (Å²) in [4.78, 5) is 10.9. The molecule has 0 saturated carbocycles. The summed E-state index contributed by atoms with van der Waals surface area (Å²) in [5.41, 5.74) is 13.4. The van der Waals surface area contributed by atoms with E-state index < -0.39 is 14.6 Å². The average Bonchev–Trinajstić information content (AvgIpc) is 2.89. The van der Waals surface area contributed by atoms with E-state index in [9.17, 15) is 8.42 Å². The first-order chi connectivity index (χ1) is 13.2. The topological polar surface area (TPSA) is 115 Å². The summed E-state index contributed by atoms with van der Waals surface area (Å²) in [6.45, 7) is 1.08. The fourth-order valence-electron chi connectivity index (χ4n) is 4.22. The summed E-state index contributed by atoms with van der Waals surface area (Å²) >= 11 is 12.3. The molecule has 2 aliphatic heterocycles. The molecule has 1 unspecified atom stereocenters. The number of halogens is 2. The van der Waals surface area contributed by atoms with Crippen molar-refractivity contribution in [2.75, 3.05) is 29.5 Å². The van der Waals surface area contributed by atoms with Crippen LogP contribution < -0.4 is 16.4 Å². The van der Waals surface area contributed by atoms with Crippen molar-refractivity contribution >= 4 is 44.7 Å². The molecule has 28 heavy (non-hydrogen) atoms. The number of aromatic nitrogens is 2.